The first kappa shape index (κ1) is 17.1. The van der Waals surface area contributed by atoms with Crippen LogP contribution in [-0.2, 0) is 9.53 Å². The molecular weight excluding hydrogens is 346 g/mol. The number of thiazole rings is 1. The lowest BCUT2D eigenvalue weighted by atomic mass is 10.2. The van der Waals surface area contributed by atoms with Crippen LogP contribution >= 0.6 is 22.7 Å². The van der Waals surface area contributed by atoms with Crippen LogP contribution in [0.5, 0.6) is 0 Å². The van der Waals surface area contributed by atoms with Crippen molar-refractivity contribution in [1.82, 2.24) is 9.88 Å². The van der Waals surface area contributed by atoms with Gasteiger partial charge in [0.2, 0.25) is 5.91 Å². The van der Waals surface area contributed by atoms with Crippen molar-refractivity contribution in [3.05, 3.63) is 33.5 Å². The zero-order valence-corrected chi connectivity index (χ0v) is 15.0. The van der Waals surface area contributed by atoms with Gasteiger partial charge in [-0.05, 0) is 31.2 Å². The summed E-state index contributed by atoms with van der Waals surface area (Å²) >= 11 is 2.75. The molecule has 6 nitrogen and oxygen atoms in total. The van der Waals surface area contributed by atoms with Gasteiger partial charge in [-0.1, -0.05) is 6.07 Å². The van der Waals surface area contributed by atoms with Crippen LogP contribution in [0.3, 0.4) is 0 Å². The Morgan fingerprint density at radius 1 is 1.46 bits per heavy atom. The number of amides is 2. The van der Waals surface area contributed by atoms with Crippen LogP contribution in [0.2, 0.25) is 0 Å². The van der Waals surface area contributed by atoms with Gasteiger partial charge in [0.05, 0.1) is 16.7 Å². The molecule has 3 heterocycles. The van der Waals surface area contributed by atoms with Crippen molar-refractivity contribution in [2.45, 2.75) is 25.9 Å². The van der Waals surface area contributed by atoms with Crippen LogP contribution in [0.4, 0.5) is 5.13 Å². The molecule has 1 aliphatic rings. The first-order valence-corrected chi connectivity index (χ1v) is 9.54. The summed E-state index contributed by atoms with van der Waals surface area (Å²) in [5.41, 5.74) is 0.862. The normalized spacial score (nSPS) is 17.0. The molecule has 2 amide bonds. The van der Waals surface area contributed by atoms with Crippen LogP contribution in [0.25, 0.3) is 0 Å². The van der Waals surface area contributed by atoms with Gasteiger partial charge in [0.1, 0.15) is 6.54 Å². The van der Waals surface area contributed by atoms with Crippen molar-refractivity contribution in [3.63, 3.8) is 0 Å². The molecule has 0 bridgehead atoms. The van der Waals surface area contributed by atoms with Gasteiger partial charge in [0, 0.05) is 18.5 Å². The number of thiophene rings is 1. The lowest BCUT2D eigenvalue weighted by Crippen LogP contribution is -2.42. The number of aromatic nitrogens is 1. The minimum Gasteiger partial charge on any atom is -0.376 e. The Balaban J connectivity index is 1.66. The van der Waals surface area contributed by atoms with E-state index in [1.165, 1.54) is 22.7 Å². The molecule has 1 unspecified atom stereocenters. The Morgan fingerprint density at radius 3 is 2.96 bits per heavy atom. The first-order chi connectivity index (χ1) is 11.6. The van der Waals surface area contributed by atoms with Gasteiger partial charge in [-0.3, -0.25) is 9.59 Å². The maximum atomic E-state index is 12.7. The van der Waals surface area contributed by atoms with E-state index in [0.29, 0.717) is 16.6 Å². The number of nitrogens with zero attached hydrogens (tertiary/aromatic N) is 2. The molecule has 0 saturated carbocycles. The molecule has 24 heavy (non-hydrogen) atoms. The molecule has 1 saturated heterocycles. The smallest absolute Gasteiger partial charge is 0.264 e. The molecule has 0 spiro atoms. The molecule has 8 heteroatoms. The van der Waals surface area contributed by atoms with E-state index >= 15 is 0 Å². The maximum Gasteiger partial charge on any atom is 0.264 e. The number of carbonyl (C=O) groups excluding carboxylic acids is 2. The summed E-state index contributed by atoms with van der Waals surface area (Å²) in [5.74, 6) is -0.377. The van der Waals surface area contributed by atoms with E-state index in [9.17, 15) is 9.59 Å². The van der Waals surface area contributed by atoms with Crippen molar-refractivity contribution >= 4 is 39.6 Å². The second-order valence-electron chi connectivity index (χ2n) is 5.64. The quantitative estimate of drug-likeness (QED) is 0.854. The SMILES string of the molecule is Cc1csc(NC(=O)CN(CC2CCCO2)C(=O)c2cccs2)n1. The summed E-state index contributed by atoms with van der Waals surface area (Å²) in [5, 5.41) is 7.04. The van der Waals surface area contributed by atoms with E-state index in [1.807, 2.05) is 23.8 Å². The predicted molar refractivity (Wildman–Crippen MR) is 94.7 cm³/mol. The summed E-state index contributed by atoms with van der Waals surface area (Å²) in [7, 11) is 0. The molecule has 2 aromatic rings. The van der Waals surface area contributed by atoms with E-state index in [0.717, 1.165) is 25.1 Å². The van der Waals surface area contributed by atoms with Gasteiger partial charge < -0.3 is 15.0 Å². The lowest BCUT2D eigenvalue weighted by molar-refractivity contribution is -0.117. The zero-order valence-electron chi connectivity index (χ0n) is 13.4. The van der Waals surface area contributed by atoms with E-state index in [4.69, 9.17) is 4.74 Å². The van der Waals surface area contributed by atoms with E-state index < -0.39 is 0 Å². The van der Waals surface area contributed by atoms with Gasteiger partial charge in [-0.2, -0.15) is 0 Å². The highest BCUT2D eigenvalue weighted by Crippen LogP contribution is 2.18. The molecule has 1 atom stereocenters. The number of hydrogen-bond acceptors (Lipinski definition) is 6. The van der Waals surface area contributed by atoms with Crippen molar-refractivity contribution in [3.8, 4) is 0 Å². The molecule has 1 fully saturated rings. The standard InChI is InChI=1S/C16H19N3O3S2/c1-11-10-24-16(17-11)18-14(20)9-19(8-12-4-2-6-22-12)15(21)13-5-3-7-23-13/h3,5,7,10,12H,2,4,6,8-9H2,1H3,(H,17,18,20). The summed E-state index contributed by atoms with van der Waals surface area (Å²) in [6.45, 7) is 3.02. The van der Waals surface area contributed by atoms with Crippen LogP contribution in [0.1, 0.15) is 28.2 Å². The predicted octanol–water partition coefficient (Wildman–Crippen LogP) is 2.77. The Bertz CT molecular complexity index is 693. The largest absolute Gasteiger partial charge is 0.376 e. The average Bonchev–Trinajstić information content (AvgIpc) is 3.28. The summed E-state index contributed by atoms with van der Waals surface area (Å²) in [4.78, 5) is 31.4. The molecule has 1 N–H and O–H groups in total. The third-order valence-electron chi connectivity index (χ3n) is 3.67. The summed E-state index contributed by atoms with van der Waals surface area (Å²) < 4.78 is 5.62. The number of ether oxygens (including phenoxy) is 1. The molecule has 3 rings (SSSR count). The highest BCUT2D eigenvalue weighted by atomic mass is 32.1. The molecule has 2 aromatic heterocycles. The van der Waals surface area contributed by atoms with Gasteiger partial charge in [-0.15, -0.1) is 22.7 Å². The van der Waals surface area contributed by atoms with Crippen molar-refractivity contribution in [2.24, 2.45) is 0 Å². The summed E-state index contributed by atoms with van der Waals surface area (Å²) in [6, 6.07) is 3.61. The fourth-order valence-electron chi connectivity index (χ4n) is 2.55. The monoisotopic (exact) mass is 365 g/mol. The van der Waals surface area contributed by atoms with Crippen molar-refractivity contribution in [1.29, 1.82) is 0 Å². The Hall–Kier alpha value is -1.77. The van der Waals surface area contributed by atoms with E-state index in [1.54, 1.807) is 11.0 Å². The number of hydrogen-bond donors (Lipinski definition) is 1. The fourth-order valence-corrected chi connectivity index (χ4v) is 3.95. The molecule has 0 aliphatic carbocycles. The minimum atomic E-state index is -0.243. The number of anilines is 1. The number of carbonyl (C=O) groups is 2. The number of nitrogens with one attached hydrogen (secondary N) is 1. The molecule has 1 aliphatic heterocycles. The number of aryl methyl sites for hydroxylation is 1. The van der Waals surface area contributed by atoms with Crippen molar-refractivity contribution in [2.75, 3.05) is 25.0 Å². The van der Waals surface area contributed by atoms with Crippen LogP contribution in [0.15, 0.2) is 22.9 Å². The summed E-state index contributed by atoms with van der Waals surface area (Å²) in [6.07, 6.45) is 1.92. The second-order valence-corrected chi connectivity index (χ2v) is 7.45. The van der Waals surface area contributed by atoms with Gasteiger partial charge in [0.15, 0.2) is 5.13 Å². The topological polar surface area (TPSA) is 71.5 Å². The van der Waals surface area contributed by atoms with Crippen LogP contribution in [0, 0.1) is 6.92 Å². The van der Waals surface area contributed by atoms with E-state index in [-0.39, 0.29) is 24.5 Å². The third-order valence-corrected chi connectivity index (χ3v) is 5.40. The maximum absolute atomic E-state index is 12.7. The highest BCUT2D eigenvalue weighted by Gasteiger charge is 2.25. The Labute approximate surface area is 148 Å². The molecule has 0 radical (unpaired) electrons. The Morgan fingerprint density at radius 2 is 2.33 bits per heavy atom. The zero-order chi connectivity index (χ0) is 16.9. The number of rotatable bonds is 6. The van der Waals surface area contributed by atoms with Gasteiger partial charge in [-0.25, -0.2) is 4.98 Å². The molecular formula is C16H19N3O3S2. The first-order valence-electron chi connectivity index (χ1n) is 7.78. The second kappa shape index (κ2) is 7.87. The average molecular weight is 365 g/mol. The third kappa shape index (κ3) is 4.40. The van der Waals surface area contributed by atoms with Crippen LogP contribution in [-0.4, -0.2) is 47.5 Å². The van der Waals surface area contributed by atoms with E-state index in [2.05, 4.69) is 10.3 Å². The lowest BCUT2D eigenvalue weighted by Gasteiger charge is -2.24. The van der Waals surface area contributed by atoms with Crippen LogP contribution < -0.4 is 5.32 Å². The Kier molecular flexibility index (Phi) is 5.60. The van der Waals surface area contributed by atoms with Gasteiger partial charge in [0.25, 0.3) is 5.91 Å². The minimum absolute atomic E-state index is 0.00354. The molecule has 128 valence electrons. The highest BCUT2D eigenvalue weighted by molar-refractivity contribution is 7.14. The van der Waals surface area contributed by atoms with Crippen molar-refractivity contribution < 1.29 is 14.3 Å². The molecule has 0 aromatic carbocycles. The van der Waals surface area contributed by atoms with Gasteiger partial charge >= 0.3 is 0 Å². The fraction of sp³-hybridized carbons (Fsp3) is 0.438.